The van der Waals surface area contributed by atoms with Crippen LogP contribution in [0.4, 0.5) is 0 Å². The van der Waals surface area contributed by atoms with E-state index in [0.29, 0.717) is 0 Å². The molecule has 0 aromatic carbocycles. The third-order valence-electron chi connectivity index (χ3n) is 1.19. The molecular formula is C9H16O2S. The molecule has 0 N–H and O–H groups in total. The van der Waals surface area contributed by atoms with Crippen molar-refractivity contribution in [1.82, 2.24) is 0 Å². The second-order valence-corrected chi connectivity index (χ2v) is 3.68. The van der Waals surface area contributed by atoms with Crippen molar-refractivity contribution >= 4 is 17.7 Å². The molecular weight excluding hydrogens is 172 g/mol. The second kappa shape index (κ2) is 7.22. The van der Waals surface area contributed by atoms with Gasteiger partial charge in [0.15, 0.2) is 0 Å². The van der Waals surface area contributed by atoms with Crippen LogP contribution in [-0.2, 0) is 9.53 Å². The number of carbonyl (C=O) groups is 1. The monoisotopic (exact) mass is 188 g/mol. The molecule has 0 bridgehead atoms. The molecule has 12 heavy (non-hydrogen) atoms. The molecule has 1 unspecified atom stereocenters. The van der Waals surface area contributed by atoms with Gasteiger partial charge in [0.05, 0.1) is 0 Å². The van der Waals surface area contributed by atoms with Gasteiger partial charge in [0.2, 0.25) is 0 Å². The third-order valence-corrected chi connectivity index (χ3v) is 2.59. The summed E-state index contributed by atoms with van der Waals surface area (Å²) in [5.74, 6) is 1.66. The van der Waals surface area contributed by atoms with Crippen molar-refractivity contribution in [3.63, 3.8) is 0 Å². The molecule has 0 saturated carbocycles. The van der Waals surface area contributed by atoms with Crippen molar-refractivity contribution in [3.8, 4) is 0 Å². The van der Waals surface area contributed by atoms with Crippen molar-refractivity contribution in [2.24, 2.45) is 0 Å². The third kappa shape index (κ3) is 6.28. The molecule has 0 aliphatic carbocycles. The van der Waals surface area contributed by atoms with Crippen LogP contribution in [0.15, 0.2) is 12.7 Å². The van der Waals surface area contributed by atoms with Crippen LogP contribution in [0.3, 0.4) is 0 Å². The zero-order chi connectivity index (χ0) is 9.40. The predicted molar refractivity (Wildman–Crippen MR) is 53.4 cm³/mol. The van der Waals surface area contributed by atoms with Crippen LogP contribution in [0.5, 0.6) is 0 Å². The molecule has 0 heterocycles. The summed E-state index contributed by atoms with van der Waals surface area (Å²) < 4.78 is 4.97. The lowest BCUT2D eigenvalue weighted by Crippen LogP contribution is -2.15. The Balaban J connectivity index is 3.38. The maximum atomic E-state index is 10.7. The number of hydrogen-bond acceptors (Lipinski definition) is 3. The van der Waals surface area contributed by atoms with Crippen molar-refractivity contribution in [2.45, 2.75) is 26.4 Å². The van der Waals surface area contributed by atoms with Crippen LogP contribution in [0, 0.1) is 0 Å². The van der Waals surface area contributed by atoms with Crippen LogP contribution in [0.2, 0.25) is 0 Å². The predicted octanol–water partition coefficient (Wildman–Crippen LogP) is 2.25. The van der Waals surface area contributed by atoms with E-state index in [-0.39, 0.29) is 12.1 Å². The molecule has 0 aliphatic rings. The fourth-order valence-electron chi connectivity index (χ4n) is 0.674. The molecule has 0 aromatic rings. The van der Waals surface area contributed by atoms with Gasteiger partial charge in [-0.05, 0) is 19.1 Å². The lowest BCUT2D eigenvalue weighted by Gasteiger charge is -2.10. The van der Waals surface area contributed by atoms with E-state index in [1.54, 1.807) is 11.8 Å². The van der Waals surface area contributed by atoms with Crippen molar-refractivity contribution in [2.75, 3.05) is 11.5 Å². The molecule has 70 valence electrons. The van der Waals surface area contributed by atoms with Crippen molar-refractivity contribution in [3.05, 3.63) is 12.7 Å². The van der Waals surface area contributed by atoms with E-state index in [9.17, 15) is 4.79 Å². The standard InChI is InChI=1S/C9H16O2S/c1-4-6-12-7-8(3)11-9(10)5-2/h5,8H,2,4,6-7H2,1,3H3. The van der Waals surface area contributed by atoms with Gasteiger partial charge in [-0.25, -0.2) is 4.79 Å². The summed E-state index contributed by atoms with van der Waals surface area (Å²) in [4.78, 5) is 10.7. The first-order valence-electron chi connectivity index (χ1n) is 4.11. The largest absolute Gasteiger partial charge is 0.459 e. The van der Waals surface area contributed by atoms with Gasteiger partial charge in [0.1, 0.15) is 6.10 Å². The highest BCUT2D eigenvalue weighted by molar-refractivity contribution is 7.99. The smallest absolute Gasteiger partial charge is 0.330 e. The van der Waals surface area contributed by atoms with Gasteiger partial charge in [-0.1, -0.05) is 13.5 Å². The topological polar surface area (TPSA) is 26.3 Å². The molecule has 0 spiro atoms. The van der Waals surface area contributed by atoms with Gasteiger partial charge in [-0.2, -0.15) is 11.8 Å². The molecule has 0 saturated heterocycles. The van der Waals surface area contributed by atoms with Crippen LogP contribution >= 0.6 is 11.8 Å². The first-order chi connectivity index (χ1) is 5.70. The molecule has 2 nitrogen and oxygen atoms in total. The Labute approximate surface area is 78.4 Å². The van der Waals surface area contributed by atoms with Gasteiger partial charge in [0.25, 0.3) is 0 Å². The van der Waals surface area contributed by atoms with Crippen LogP contribution in [0.1, 0.15) is 20.3 Å². The fourth-order valence-corrected chi connectivity index (χ4v) is 1.53. The second-order valence-electron chi connectivity index (χ2n) is 2.53. The lowest BCUT2D eigenvalue weighted by molar-refractivity contribution is -0.141. The Morgan fingerprint density at radius 1 is 1.75 bits per heavy atom. The fraction of sp³-hybridized carbons (Fsp3) is 0.667. The number of hydrogen-bond donors (Lipinski definition) is 0. The number of esters is 1. The Morgan fingerprint density at radius 2 is 2.42 bits per heavy atom. The van der Waals surface area contributed by atoms with E-state index >= 15 is 0 Å². The molecule has 0 aliphatic heterocycles. The number of rotatable bonds is 6. The van der Waals surface area contributed by atoms with Crippen molar-refractivity contribution < 1.29 is 9.53 Å². The number of ether oxygens (including phenoxy) is 1. The summed E-state index contributed by atoms with van der Waals surface area (Å²) in [5.41, 5.74) is 0. The minimum atomic E-state index is -0.334. The first-order valence-corrected chi connectivity index (χ1v) is 5.27. The van der Waals surface area contributed by atoms with Crippen LogP contribution < -0.4 is 0 Å². The van der Waals surface area contributed by atoms with Gasteiger partial charge in [-0.15, -0.1) is 0 Å². The number of carbonyl (C=O) groups excluding carboxylic acids is 1. The average Bonchev–Trinajstić information content (AvgIpc) is 2.05. The molecule has 0 rings (SSSR count). The molecule has 0 aromatic heterocycles. The van der Waals surface area contributed by atoms with Gasteiger partial charge >= 0.3 is 5.97 Å². The van der Waals surface area contributed by atoms with E-state index < -0.39 is 0 Å². The van der Waals surface area contributed by atoms with Gasteiger partial charge in [-0.3, -0.25) is 0 Å². The Hall–Kier alpha value is -0.440. The normalized spacial score (nSPS) is 12.2. The van der Waals surface area contributed by atoms with E-state index in [4.69, 9.17) is 4.74 Å². The Bertz CT molecular complexity index is 145. The number of thioether (sulfide) groups is 1. The molecule has 3 heteroatoms. The zero-order valence-corrected chi connectivity index (χ0v) is 8.52. The Kier molecular flexibility index (Phi) is 6.96. The van der Waals surface area contributed by atoms with Gasteiger partial charge < -0.3 is 4.74 Å². The SMILES string of the molecule is C=CC(=O)OC(C)CSCCC. The van der Waals surface area contributed by atoms with Crippen LogP contribution in [0.25, 0.3) is 0 Å². The summed E-state index contributed by atoms with van der Waals surface area (Å²) in [6, 6.07) is 0. The van der Waals surface area contributed by atoms with E-state index in [1.807, 2.05) is 6.92 Å². The maximum Gasteiger partial charge on any atom is 0.330 e. The van der Waals surface area contributed by atoms with Gasteiger partial charge in [0, 0.05) is 11.8 Å². The summed E-state index contributed by atoms with van der Waals surface area (Å²) in [6.07, 6.45) is 2.35. The highest BCUT2D eigenvalue weighted by Crippen LogP contribution is 2.06. The average molecular weight is 188 g/mol. The highest BCUT2D eigenvalue weighted by Gasteiger charge is 2.05. The minimum Gasteiger partial charge on any atom is -0.459 e. The summed E-state index contributed by atoms with van der Waals surface area (Å²) in [7, 11) is 0. The summed E-state index contributed by atoms with van der Waals surface area (Å²) in [6.45, 7) is 7.35. The van der Waals surface area contributed by atoms with E-state index in [1.165, 1.54) is 6.08 Å². The Morgan fingerprint density at radius 3 is 2.92 bits per heavy atom. The van der Waals surface area contributed by atoms with Crippen LogP contribution in [-0.4, -0.2) is 23.6 Å². The molecule has 1 atom stereocenters. The molecule has 0 amide bonds. The summed E-state index contributed by atoms with van der Waals surface area (Å²) >= 11 is 1.80. The van der Waals surface area contributed by atoms with Crippen molar-refractivity contribution in [1.29, 1.82) is 0 Å². The summed E-state index contributed by atoms with van der Waals surface area (Å²) in [5, 5.41) is 0. The minimum absolute atomic E-state index is 0.00736. The van der Waals surface area contributed by atoms with E-state index in [0.717, 1.165) is 17.9 Å². The maximum absolute atomic E-state index is 10.7. The first kappa shape index (κ1) is 11.6. The lowest BCUT2D eigenvalue weighted by atomic mass is 10.5. The van der Waals surface area contributed by atoms with E-state index in [2.05, 4.69) is 13.5 Å². The molecule has 0 radical (unpaired) electrons. The molecule has 0 fully saturated rings. The quantitative estimate of drug-likeness (QED) is 0.363. The highest BCUT2D eigenvalue weighted by atomic mass is 32.2. The zero-order valence-electron chi connectivity index (χ0n) is 7.71.